The fourth-order valence-electron chi connectivity index (χ4n) is 1.99. The molecule has 22 heavy (non-hydrogen) atoms. The van der Waals surface area contributed by atoms with Gasteiger partial charge < -0.3 is 9.15 Å². The van der Waals surface area contributed by atoms with Crippen LogP contribution in [0, 0.1) is 0 Å². The molecule has 6 heteroatoms. The zero-order valence-electron chi connectivity index (χ0n) is 12.8. The van der Waals surface area contributed by atoms with Crippen molar-refractivity contribution in [2.45, 2.75) is 32.8 Å². The third-order valence-electron chi connectivity index (χ3n) is 3.20. The Bertz CT molecular complexity index is 742. The van der Waals surface area contributed by atoms with E-state index in [-0.39, 0.29) is 12.0 Å². The van der Waals surface area contributed by atoms with Crippen LogP contribution in [0.15, 0.2) is 41.2 Å². The fraction of sp³-hybridized carbons (Fsp3) is 0.312. The molecule has 0 saturated heterocycles. The first-order valence-electron chi connectivity index (χ1n) is 7.07. The standard InChI is InChI=1S/C16H18N4O2/c1-16(2,3)13-8-17-14(22-13)9-21-12-7-5-4-6-11(12)15-18-10-19-20-15/h4-8,10H,9H2,1-3H3,(H,18,19,20). The van der Waals surface area contributed by atoms with Crippen molar-refractivity contribution in [3.8, 4) is 17.1 Å². The lowest BCUT2D eigenvalue weighted by Crippen LogP contribution is -2.09. The highest BCUT2D eigenvalue weighted by Gasteiger charge is 2.19. The van der Waals surface area contributed by atoms with Crippen molar-refractivity contribution >= 4 is 0 Å². The SMILES string of the molecule is CC(C)(C)c1cnc(COc2ccccc2-c2ncn[nH]2)o1. The second kappa shape index (κ2) is 5.63. The molecule has 6 nitrogen and oxygen atoms in total. The Kier molecular flexibility index (Phi) is 3.66. The molecule has 0 aliphatic carbocycles. The maximum atomic E-state index is 5.83. The molecule has 0 amide bonds. The van der Waals surface area contributed by atoms with Gasteiger partial charge in [-0.05, 0) is 12.1 Å². The predicted molar refractivity (Wildman–Crippen MR) is 81.4 cm³/mol. The van der Waals surface area contributed by atoms with Crippen LogP contribution in [0.2, 0.25) is 0 Å². The van der Waals surface area contributed by atoms with E-state index in [1.54, 1.807) is 6.20 Å². The molecular formula is C16H18N4O2. The van der Waals surface area contributed by atoms with Crippen LogP contribution < -0.4 is 4.74 Å². The van der Waals surface area contributed by atoms with E-state index >= 15 is 0 Å². The van der Waals surface area contributed by atoms with Gasteiger partial charge in [0.1, 0.15) is 17.8 Å². The Labute approximate surface area is 128 Å². The van der Waals surface area contributed by atoms with Crippen molar-refractivity contribution in [3.05, 3.63) is 48.4 Å². The van der Waals surface area contributed by atoms with Crippen LogP contribution in [0.4, 0.5) is 0 Å². The average molecular weight is 298 g/mol. The Morgan fingerprint density at radius 2 is 2.00 bits per heavy atom. The predicted octanol–water partition coefficient (Wildman–Crippen LogP) is 3.34. The van der Waals surface area contributed by atoms with Crippen molar-refractivity contribution in [1.29, 1.82) is 0 Å². The van der Waals surface area contributed by atoms with Crippen molar-refractivity contribution < 1.29 is 9.15 Å². The van der Waals surface area contributed by atoms with E-state index in [9.17, 15) is 0 Å². The lowest BCUT2D eigenvalue weighted by Gasteiger charge is -2.13. The monoisotopic (exact) mass is 298 g/mol. The van der Waals surface area contributed by atoms with Crippen LogP contribution in [0.3, 0.4) is 0 Å². The highest BCUT2D eigenvalue weighted by Crippen LogP contribution is 2.28. The van der Waals surface area contributed by atoms with Crippen molar-refractivity contribution in [2.24, 2.45) is 0 Å². The van der Waals surface area contributed by atoms with Gasteiger partial charge in [-0.1, -0.05) is 32.9 Å². The smallest absolute Gasteiger partial charge is 0.232 e. The van der Waals surface area contributed by atoms with Crippen LogP contribution in [-0.2, 0) is 12.0 Å². The third-order valence-corrected chi connectivity index (χ3v) is 3.20. The summed E-state index contributed by atoms with van der Waals surface area (Å²) in [6, 6.07) is 7.64. The van der Waals surface area contributed by atoms with Crippen LogP contribution >= 0.6 is 0 Å². The Morgan fingerprint density at radius 3 is 2.68 bits per heavy atom. The second-order valence-electron chi connectivity index (χ2n) is 5.99. The molecule has 3 rings (SSSR count). The zero-order valence-corrected chi connectivity index (χ0v) is 12.8. The molecule has 0 aliphatic heterocycles. The number of nitrogens with zero attached hydrogens (tertiary/aromatic N) is 3. The Hall–Kier alpha value is -2.63. The van der Waals surface area contributed by atoms with Crippen molar-refractivity contribution in [3.63, 3.8) is 0 Å². The van der Waals surface area contributed by atoms with Gasteiger partial charge in [0.05, 0.1) is 11.8 Å². The third kappa shape index (κ3) is 3.00. The minimum atomic E-state index is -0.0665. The molecule has 3 aromatic rings. The number of rotatable bonds is 4. The van der Waals surface area contributed by atoms with Crippen molar-refractivity contribution in [2.75, 3.05) is 0 Å². The van der Waals surface area contributed by atoms with Crippen LogP contribution in [0.5, 0.6) is 5.75 Å². The highest BCUT2D eigenvalue weighted by atomic mass is 16.5. The summed E-state index contributed by atoms with van der Waals surface area (Å²) >= 11 is 0. The molecule has 2 heterocycles. The van der Waals surface area contributed by atoms with E-state index in [2.05, 4.69) is 40.9 Å². The number of aromatic nitrogens is 4. The summed E-state index contributed by atoms with van der Waals surface area (Å²) in [6.07, 6.45) is 3.22. The molecule has 114 valence electrons. The topological polar surface area (TPSA) is 76.8 Å². The molecule has 2 aromatic heterocycles. The van der Waals surface area contributed by atoms with E-state index in [4.69, 9.17) is 9.15 Å². The van der Waals surface area contributed by atoms with E-state index in [1.807, 2.05) is 24.3 Å². The van der Waals surface area contributed by atoms with Gasteiger partial charge in [0, 0.05) is 5.41 Å². The number of oxazole rings is 1. The lowest BCUT2D eigenvalue weighted by atomic mass is 9.94. The molecule has 0 spiro atoms. The number of para-hydroxylation sites is 1. The molecule has 0 atom stereocenters. The minimum Gasteiger partial charge on any atom is -0.483 e. The number of H-pyrrole nitrogens is 1. The molecule has 0 unspecified atom stereocenters. The van der Waals surface area contributed by atoms with Gasteiger partial charge in [0.15, 0.2) is 12.4 Å². The molecule has 0 aliphatic rings. The number of benzene rings is 1. The Balaban J connectivity index is 1.76. The zero-order chi connectivity index (χ0) is 15.6. The molecule has 1 aromatic carbocycles. The molecule has 1 N–H and O–H groups in total. The number of ether oxygens (including phenoxy) is 1. The van der Waals surface area contributed by atoms with E-state index < -0.39 is 0 Å². The van der Waals surface area contributed by atoms with Gasteiger partial charge in [0.2, 0.25) is 5.89 Å². The van der Waals surface area contributed by atoms with Crippen LogP contribution in [-0.4, -0.2) is 20.2 Å². The molecule has 0 radical (unpaired) electrons. The summed E-state index contributed by atoms with van der Waals surface area (Å²) in [6.45, 7) is 6.51. The minimum absolute atomic E-state index is 0.0665. The normalized spacial score (nSPS) is 11.6. The molecule has 0 saturated carbocycles. The summed E-state index contributed by atoms with van der Waals surface area (Å²) in [5.74, 6) is 2.76. The number of hydrogen-bond donors (Lipinski definition) is 1. The van der Waals surface area contributed by atoms with Gasteiger partial charge in [-0.25, -0.2) is 9.97 Å². The van der Waals surface area contributed by atoms with Gasteiger partial charge in [-0.15, -0.1) is 0 Å². The molecular weight excluding hydrogens is 280 g/mol. The maximum absolute atomic E-state index is 5.83. The van der Waals surface area contributed by atoms with Gasteiger partial charge >= 0.3 is 0 Å². The summed E-state index contributed by atoms with van der Waals surface area (Å²) in [4.78, 5) is 8.42. The first-order chi connectivity index (χ1) is 10.5. The largest absolute Gasteiger partial charge is 0.483 e. The van der Waals surface area contributed by atoms with Gasteiger partial charge in [0.25, 0.3) is 0 Å². The molecule has 0 fully saturated rings. The van der Waals surface area contributed by atoms with E-state index in [1.165, 1.54) is 6.33 Å². The lowest BCUT2D eigenvalue weighted by molar-refractivity contribution is 0.252. The summed E-state index contributed by atoms with van der Waals surface area (Å²) in [5, 5.41) is 6.70. The quantitative estimate of drug-likeness (QED) is 0.799. The fourth-order valence-corrected chi connectivity index (χ4v) is 1.99. The highest BCUT2D eigenvalue weighted by molar-refractivity contribution is 5.63. The van der Waals surface area contributed by atoms with Crippen LogP contribution in [0.25, 0.3) is 11.4 Å². The number of aromatic amines is 1. The molecule has 0 bridgehead atoms. The number of nitrogens with one attached hydrogen (secondary N) is 1. The summed E-state index contributed by atoms with van der Waals surface area (Å²) < 4.78 is 11.6. The van der Waals surface area contributed by atoms with E-state index in [0.717, 1.165) is 11.3 Å². The van der Waals surface area contributed by atoms with Crippen LogP contribution in [0.1, 0.15) is 32.4 Å². The summed E-state index contributed by atoms with van der Waals surface area (Å²) in [7, 11) is 0. The summed E-state index contributed by atoms with van der Waals surface area (Å²) in [5.41, 5.74) is 0.783. The van der Waals surface area contributed by atoms with Crippen molar-refractivity contribution in [1.82, 2.24) is 20.2 Å². The van der Waals surface area contributed by atoms with Gasteiger partial charge in [-0.3, -0.25) is 5.10 Å². The average Bonchev–Trinajstić information content (AvgIpc) is 3.16. The maximum Gasteiger partial charge on any atom is 0.232 e. The Morgan fingerprint density at radius 1 is 1.18 bits per heavy atom. The van der Waals surface area contributed by atoms with E-state index in [0.29, 0.717) is 17.5 Å². The van der Waals surface area contributed by atoms with Gasteiger partial charge in [-0.2, -0.15) is 5.10 Å². The number of hydrogen-bond acceptors (Lipinski definition) is 5. The first-order valence-corrected chi connectivity index (χ1v) is 7.07. The first kappa shape index (κ1) is 14.3. The second-order valence-corrected chi connectivity index (χ2v) is 5.99.